The highest BCUT2D eigenvalue weighted by molar-refractivity contribution is 5.71. The number of hydrogen-bond donors (Lipinski definition) is 0. The minimum atomic E-state index is -0.764. The van der Waals surface area contributed by atoms with Gasteiger partial charge in [-0.15, -0.1) is 0 Å². The minimum absolute atomic E-state index is 0.0683. The molecule has 0 fully saturated rings. The first-order valence-corrected chi connectivity index (χ1v) is 24.7. The minimum Gasteiger partial charge on any atom is -0.462 e. The van der Waals surface area contributed by atoms with E-state index in [4.69, 9.17) is 14.2 Å². The van der Waals surface area contributed by atoms with Crippen molar-refractivity contribution in [2.75, 3.05) is 13.2 Å². The molecule has 1 atom stereocenters. The molecule has 0 spiro atoms. The van der Waals surface area contributed by atoms with E-state index in [0.717, 1.165) is 64.2 Å². The lowest BCUT2D eigenvalue weighted by atomic mass is 10.0. The highest BCUT2D eigenvalue weighted by Crippen LogP contribution is 2.15. The first-order chi connectivity index (χ1) is 27.5. The van der Waals surface area contributed by atoms with Crippen molar-refractivity contribution in [1.82, 2.24) is 0 Å². The van der Waals surface area contributed by atoms with Crippen LogP contribution in [0.5, 0.6) is 0 Å². The summed E-state index contributed by atoms with van der Waals surface area (Å²) < 4.78 is 16.7. The van der Waals surface area contributed by atoms with Gasteiger partial charge in [-0.05, 0) is 44.9 Å². The van der Waals surface area contributed by atoms with Gasteiger partial charge in [-0.3, -0.25) is 14.4 Å². The molecule has 0 aromatic rings. The second kappa shape index (κ2) is 45.8. The van der Waals surface area contributed by atoms with Crippen LogP contribution in [0.1, 0.15) is 271 Å². The molecule has 0 aliphatic heterocycles. The molecule has 0 aromatic heterocycles. The van der Waals surface area contributed by atoms with E-state index >= 15 is 0 Å². The molecule has 0 rings (SSSR count). The smallest absolute Gasteiger partial charge is 0.306 e. The van der Waals surface area contributed by atoms with Crippen LogP contribution in [0, 0.1) is 0 Å². The Balaban J connectivity index is 4.28. The highest BCUT2D eigenvalue weighted by atomic mass is 16.6. The molecule has 0 aliphatic carbocycles. The molecule has 0 aliphatic rings. The second-order valence-electron chi connectivity index (χ2n) is 16.7. The van der Waals surface area contributed by atoms with Crippen molar-refractivity contribution in [3.63, 3.8) is 0 Å². The topological polar surface area (TPSA) is 78.9 Å². The Morgan fingerprint density at radius 1 is 0.339 bits per heavy atom. The van der Waals surface area contributed by atoms with E-state index in [1.165, 1.54) is 167 Å². The summed E-state index contributed by atoms with van der Waals surface area (Å²) in [6.07, 6.45) is 49.1. The Bertz CT molecular complexity index is 870. The van der Waals surface area contributed by atoms with Crippen LogP contribution in [0.4, 0.5) is 0 Å². The van der Waals surface area contributed by atoms with Crippen LogP contribution in [0.3, 0.4) is 0 Å². The number of ether oxygens (including phenoxy) is 3. The SMILES string of the molecule is CCCCCCCCC/C=C\CCCCCCCC(=O)OCC(COC(=O)CCCCCCCCCC)OC(=O)CCCCCCCCCCCCCCCC. The predicted octanol–water partition coefficient (Wildman–Crippen LogP) is 15.8. The summed E-state index contributed by atoms with van der Waals surface area (Å²) in [5, 5.41) is 0. The van der Waals surface area contributed by atoms with Gasteiger partial charge in [0.05, 0.1) is 0 Å². The molecule has 56 heavy (non-hydrogen) atoms. The van der Waals surface area contributed by atoms with E-state index in [1.807, 2.05) is 0 Å². The zero-order chi connectivity index (χ0) is 40.8. The number of unbranched alkanes of at least 4 members (excludes halogenated alkanes) is 32. The third kappa shape index (κ3) is 43.3. The van der Waals surface area contributed by atoms with Gasteiger partial charge < -0.3 is 14.2 Å². The van der Waals surface area contributed by atoms with Gasteiger partial charge in [-0.2, -0.15) is 0 Å². The van der Waals surface area contributed by atoms with E-state index in [1.54, 1.807) is 0 Å². The van der Waals surface area contributed by atoms with Crippen molar-refractivity contribution in [1.29, 1.82) is 0 Å². The first kappa shape index (κ1) is 54.2. The molecule has 0 amide bonds. The fraction of sp³-hybridized carbons (Fsp3) is 0.900. The van der Waals surface area contributed by atoms with Crippen LogP contribution >= 0.6 is 0 Å². The van der Waals surface area contributed by atoms with Crippen molar-refractivity contribution >= 4 is 17.9 Å². The van der Waals surface area contributed by atoms with Gasteiger partial charge in [0, 0.05) is 19.3 Å². The van der Waals surface area contributed by atoms with Crippen molar-refractivity contribution < 1.29 is 28.6 Å². The van der Waals surface area contributed by atoms with Crippen LogP contribution in [0.15, 0.2) is 12.2 Å². The Hall–Kier alpha value is -1.85. The van der Waals surface area contributed by atoms with Crippen LogP contribution in [-0.2, 0) is 28.6 Å². The number of hydrogen-bond acceptors (Lipinski definition) is 6. The normalized spacial score (nSPS) is 12.0. The average Bonchev–Trinajstić information content (AvgIpc) is 3.19. The van der Waals surface area contributed by atoms with E-state index in [-0.39, 0.29) is 31.1 Å². The zero-order valence-electron chi connectivity index (χ0n) is 37.7. The van der Waals surface area contributed by atoms with Gasteiger partial charge >= 0.3 is 17.9 Å². The van der Waals surface area contributed by atoms with Crippen molar-refractivity contribution in [2.24, 2.45) is 0 Å². The summed E-state index contributed by atoms with van der Waals surface area (Å²) in [6.45, 7) is 6.62. The molecule has 0 heterocycles. The maximum absolute atomic E-state index is 12.7. The monoisotopic (exact) mass is 791 g/mol. The Morgan fingerprint density at radius 3 is 0.893 bits per heavy atom. The molecule has 0 saturated heterocycles. The van der Waals surface area contributed by atoms with Crippen molar-refractivity contribution in [3.05, 3.63) is 12.2 Å². The fourth-order valence-electron chi connectivity index (χ4n) is 7.26. The van der Waals surface area contributed by atoms with E-state index in [9.17, 15) is 14.4 Å². The Morgan fingerprint density at radius 2 is 0.589 bits per heavy atom. The van der Waals surface area contributed by atoms with Gasteiger partial charge in [0.15, 0.2) is 6.10 Å². The molecule has 0 N–H and O–H groups in total. The second-order valence-corrected chi connectivity index (χ2v) is 16.7. The molecule has 330 valence electrons. The fourth-order valence-corrected chi connectivity index (χ4v) is 7.26. The number of esters is 3. The maximum Gasteiger partial charge on any atom is 0.306 e. The largest absolute Gasteiger partial charge is 0.462 e. The van der Waals surface area contributed by atoms with Crippen molar-refractivity contribution in [3.8, 4) is 0 Å². The molecule has 6 nitrogen and oxygen atoms in total. The summed E-state index contributed by atoms with van der Waals surface area (Å²) >= 11 is 0. The predicted molar refractivity (Wildman–Crippen MR) is 238 cm³/mol. The van der Waals surface area contributed by atoms with E-state index in [0.29, 0.717) is 19.3 Å². The standard InChI is InChI=1S/C50H94O6/c1-4-7-10-13-16-19-21-23-25-26-28-29-31-34-37-40-43-49(52)55-46-47(45-54-48(51)42-39-36-33-18-15-12-9-6-3)56-50(53)44-41-38-35-32-30-27-24-22-20-17-14-11-8-5-2/h25-26,47H,4-24,27-46H2,1-3H3/b26-25-. The number of allylic oxidation sites excluding steroid dienone is 2. The summed E-state index contributed by atoms with van der Waals surface area (Å²) in [6, 6.07) is 0. The summed E-state index contributed by atoms with van der Waals surface area (Å²) in [5.41, 5.74) is 0. The highest BCUT2D eigenvalue weighted by Gasteiger charge is 2.19. The van der Waals surface area contributed by atoms with Crippen LogP contribution < -0.4 is 0 Å². The zero-order valence-corrected chi connectivity index (χ0v) is 37.7. The molecule has 0 aromatic carbocycles. The van der Waals surface area contributed by atoms with Gasteiger partial charge in [0.2, 0.25) is 0 Å². The van der Waals surface area contributed by atoms with Gasteiger partial charge in [0.1, 0.15) is 13.2 Å². The molecule has 0 bridgehead atoms. The Labute approximate surface area is 348 Å². The van der Waals surface area contributed by atoms with Gasteiger partial charge in [-0.1, -0.05) is 219 Å². The summed E-state index contributed by atoms with van der Waals surface area (Å²) in [5.74, 6) is -0.868. The number of carbonyl (C=O) groups excluding carboxylic acids is 3. The lowest BCUT2D eigenvalue weighted by Gasteiger charge is -2.18. The van der Waals surface area contributed by atoms with Gasteiger partial charge in [0.25, 0.3) is 0 Å². The van der Waals surface area contributed by atoms with Crippen LogP contribution in [0.2, 0.25) is 0 Å². The van der Waals surface area contributed by atoms with Crippen molar-refractivity contribution in [2.45, 2.75) is 277 Å². The third-order valence-corrected chi connectivity index (χ3v) is 11.0. The summed E-state index contributed by atoms with van der Waals surface area (Å²) in [7, 11) is 0. The molecule has 6 heteroatoms. The molecule has 1 unspecified atom stereocenters. The molecule has 0 saturated carbocycles. The van der Waals surface area contributed by atoms with E-state index < -0.39 is 6.10 Å². The van der Waals surface area contributed by atoms with E-state index in [2.05, 4.69) is 32.9 Å². The third-order valence-electron chi connectivity index (χ3n) is 11.0. The van der Waals surface area contributed by atoms with Crippen LogP contribution in [-0.4, -0.2) is 37.2 Å². The Kier molecular flexibility index (Phi) is 44.3. The number of carbonyl (C=O) groups is 3. The van der Waals surface area contributed by atoms with Crippen LogP contribution in [0.25, 0.3) is 0 Å². The lowest BCUT2D eigenvalue weighted by Crippen LogP contribution is -2.30. The first-order valence-electron chi connectivity index (χ1n) is 24.7. The quantitative estimate of drug-likeness (QED) is 0.0264. The molecular weight excluding hydrogens is 697 g/mol. The maximum atomic E-state index is 12.7. The molecule has 0 radical (unpaired) electrons. The van der Waals surface area contributed by atoms with Gasteiger partial charge in [-0.25, -0.2) is 0 Å². The number of rotatable bonds is 45. The lowest BCUT2D eigenvalue weighted by molar-refractivity contribution is -0.167. The average molecular weight is 791 g/mol. The molecular formula is C50H94O6. The summed E-state index contributed by atoms with van der Waals surface area (Å²) in [4.78, 5) is 37.7.